The molecule has 3 fully saturated rings. The first-order chi connectivity index (χ1) is 11.1. The third-order valence-corrected chi connectivity index (χ3v) is 6.48. The fourth-order valence-corrected chi connectivity index (χ4v) is 4.69. The molecule has 1 heterocycles. The van der Waals surface area contributed by atoms with E-state index >= 15 is 0 Å². The quantitative estimate of drug-likeness (QED) is 0.850. The van der Waals surface area contributed by atoms with Crippen molar-refractivity contribution in [3.63, 3.8) is 0 Å². The zero-order chi connectivity index (χ0) is 16.2. The summed E-state index contributed by atoms with van der Waals surface area (Å²) in [5.74, 6) is 0.781. The number of nitrogens with zero attached hydrogens (tertiary/aromatic N) is 1. The second kappa shape index (κ2) is 5.22. The van der Waals surface area contributed by atoms with Crippen molar-refractivity contribution in [2.75, 3.05) is 13.7 Å². The minimum atomic E-state index is -0.322. The van der Waals surface area contributed by atoms with Crippen molar-refractivity contribution < 1.29 is 13.9 Å². The van der Waals surface area contributed by atoms with Crippen molar-refractivity contribution in [1.29, 1.82) is 0 Å². The summed E-state index contributed by atoms with van der Waals surface area (Å²) in [6.07, 6.45) is 5.76. The number of ether oxygens (including phenoxy) is 1. The molecular weight excluding hydrogens is 293 g/mol. The maximum absolute atomic E-state index is 14.0. The summed E-state index contributed by atoms with van der Waals surface area (Å²) in [5, 5.41) is 0. The van der Waals surface area contributed by atoms with Crippen LogP contribution in [0.5, 0.6) is 5.75 Å². The molecule has 1 amide bonds. The van der Waals surface area contributed by atoms with Crippen molar-refractivity contribution in [3.05, 3.63) is 29.6 Å². The monoisotopic (exact) mass is 317 g/mol. The summed E-state index contributed by atoms with van der Waals surface area (Å²) >= 11 is 0. The fraction of sp³-hybridized carbons (Fsp3) is 0.632. The van der Waals surface area contributed by atoms with Crippen LogP contribution in [-0.2, 0) is 4.79 Å². The summed E-state index contributed by atoms with van der Waals surface area (Å²) < 4.78 is 19.0. The summed E-state index contributed by atoms with van der Waals surface area (Å²) in [6, 6.07) is 5.33. The van der Waals surface area contributed by atoms with E-state index < -0.39 is 0 Å². The van der Waals surface area contributed by atoms with E-state index in [9.17, 15) is 9.18 Å². The highest BCUT2D eigenvalue weighted by Crippen LogP contribution is 2.66. The highest BCUT2D eigenvalue weighted by molar-refractivity contribution is 5.83. The van der Waals surface area contributed by atoms with Gasteiger partial charge in [0.05, 0.1) is 7.11 Å². The predicted molar refractivity (Wildman–Crippen MR) is 85.9 cm³/mol. The van der Waals surface area contributed by atoms with E-state index in [1.165, 1.54) is 26.4 Å². The molecule has 1 aromatic carbocycles. The van der Waals surface area contributed by atoms with Gasteiger partial charge >= 0.3 is 0 Å². The number of hydrogen-bond acceptors (Lipinski definition) is 2. The smallest absolute Gasteiger partial charge is 0.226 e. The number of carbonyl (C=O) groups is 1. The molecule has 124 valence electrons. The Kier molecular flexibility index (Phi) is 3.40. The third-order valence-electron chi connectivity index (χ3n) is 6.48. The molecule has 1 spiro atoms. The molecule has 2 saturated carbocycles. The molecule has 1 aromatic rings. The van der Waals surface area contributed by atoms with Crippen LogP contribution in [0.3, 0.4) is 0 Å². The maximum Gasteiger partial charge on any atom is 0.226 e. The first-order valence-corrected chi connectivity index (χ1v) is 8.70. The van der Waals surface area contributed by atoms with Gasteiger partial charge in [-0.3, -0.25) is 4.79 Å². The van der Waals surface area contributed by atoms with E-state index in [-0.39, 0.29) is 29.4 Å². The average molecular weight is 317 g/mol. The van der Waals surface area contributed by atoms with Crippen LogP contribution >= 0.6 is 0 Å². The Hall–Kier alpha value is -1.58. The second-order valence-electron chi connectivity index (χ2n) is 7.53. The molecule has 3 atom stereocenters. The van der Waals surface area contributed by atoms with Crippen LogP contribution in [0.2, 0.25) is 0 Å². The molecule has 1 aliphatic heterocycles. The van der Waals surface area contributed by atoms with Gasteiger partial charge in [0, 0.05) is 24.4 Å². The summed E-state index contributed by atoms with van der Waals surface area (Å²) in [6.45, 7) is 2.90. The van der Waals surface area contributed by atoms with Crippen LogP contribution in [0.4, 0.5) is 4.39 Å². The molecule has 1 saturated heterocycles. The number of amides is 1. The first kappa shape index (κ1) is 15.0. The van der Waals surface area contributed by atoms with Gasteiger partial charge in [-0.25, -0.2) is 4.39 Å². The van der Waals surface area contributed by atoms with Gasteiger partial charge in [0.15, 0.2) is 11.6 Å². The Bertz CT molecular complexity index is 640. The molecule has 0 N–H and O–H groups in total. The second-order valence-corrected chi connectivity index (χ2v) is 7.53. The molecule has 3 aliphatic rings. The predicted octanol–water partition coefficient (Wildman–Crippen LogP) is 3.73. The third kappa shape index (κ3) is 2.26. The molecule has 0 aromatic heterocycles. The SMILES string of the molecule is COc1ccc(C2CCN(C(=O)C3CC34CCC4)C2C)cc1F. The number of likely N-dealkylation sites (tertiary alicyclic amines) is 1. The molecule has 0 radical (unpaired) electrons. The topological polar surface area (TPSA) is 29.5 Å². The summed E-state index contributed by atoms with van der Waals surface area (Å²) in [5.41, 5.74) is 1.35. The maximum atomic E-state index is 14.0. The number of carbonyl (C=O) groups excluding carboxylic acids is 1. The average Bonchev–Trinajstić information content (AvgIpc) is 3.17. The number of hydrogen-bond donors (Lipinski definition) is 0. The number of benzene rings is 1. The Balaban J connectivity index is 1.48. The number of halogens is 1. The fourth-order valence-electron chi connectivity index (χ4n) is 4.69. The van der Waals surface area contributed by atoms with E-state index in [4.69, 9.17) is 4.74 Å². The van der Waals surface area contributed by atoms with E-state index in [1.54, 1.807) is 12.1 Å². The van der Waals surface area contributed by atoms with Crippen LogP contribution in [-0.4, -0.2) is 30.5 Å². The molecule has 2 aliphatic carbocycles. The van der Waals surface area contributed by atoms with Gasteiger partial charge in [-0.1, -0.05) is 12.5 Å². The molecular formula is C19H24FNO2. The summed E-state index contributed by atoms with van der Waals surface area (Å²) in [7, 11) is 1.47. The van der Waals surface area contributed by atoms with Gasteiger partial charge in [-0.2, -0.15) is 0 Å². The van der Waals surface area contributed by atoms with Crippen molar-refractivity contribution in [2.45, 2.75) is 51.0 Å². The lowest BCUT2D eigenvalue weighted by Gasteiger charge is -2.30. The largest absolute Gasteiger partial charge is 0.494 e. The number of methoxy groups -OCH3 is 1. The van der Waals surface area contributed by atoms with Crippen LogP contribution in [0.15, 0.2) is 18.2 Å². The lowest BCUT2D eigenvalue weighted by Crippen LogP contribution is -2.38. The van der Waals surface area contributed by atoms with Gasteiger partial charge in [0.2, 0.25) is 5.91 Å². The van der Waals surface area contributed by atoms with Crippen molar-refractivity contribution >= 4 is 5.91 Å². The summed E-state index contributed by atoms with van der Waals surface area (Å²) in [4.78, 5) is 14.8. The van der Waals surface area contributed by atoms with Crippen LogP contribution < -0.4 is 4.74 Å². The molecule has 3 nitrogen and oxygen atoms in total. The zero-order valence-corrected chi connectivity index (χ0v) is 13.8. The van der Waals surface area contributed by atoms with E-state index in [0.29, 0.717) is 11.3 Å². The van der Waals surface area contributed by atoms with Gasteiger partial charge in [0.1, 0.15) is 0 Å². The van der Waals surface area contributed by atoms with E-state index in [2.05, 4.69) is 6.92 Å². The molecule has 4 rings (SSSR count). The lowest BCUT2D eigenvalue weighted by molar-refractivity contribution is -0.134. The van der Waals surface area contributed by atoms with E-state index in [0.717, 1.165) is 24.9 Å². The van der Waals surface area contributed by atoms with Crippen molar-refractivity contribution in [2.24, 2.45) is 11.3 Å². The molecule has 4 heteroatoms. The Morgan fingerprint density at radius 2 is 2.17 bits per heavy atom. The van der Waals surface area contributed by atoms with Crippen LogP contribution in [0.25, 0.3) is 0 Å². The molecule has 23 heavy (non-hydrogen) atoms. The Labute approximate surface area is 136 Å². The Morgan fingerprint density at radius 3 is 2.74 bits per heavy atom. The van der Waals surface area contributed by atoms with Crippen LogP contribution in [0, 0.1) is 17.2 Å². The highest BCUT2D eigenvalue weighted by atomic mass is 19.1. The minimum absolute atomic E-state index is 0.146. The van der Waals surface area contributed by atoms with Crippen LogP contribution in [0.1, 0.15) is 50.5 Å². The minimum Gasteiger partial charge on any atom is -0.494 e. The zero-order valence-electron chi connectivity index (χ0n) is 13.8. The normalized spacial score (nSPS) is 31.1. The highest BCUT2D eigenvalue weighted by Gasteiger charge is 2.62. The van der Waals surface area contributed by atoms with E-state index in [1.807, 2.05) is 11.0 Å². The number of rotatable bonds is 3. The van der Waals surface area contributed by atoms with Gasteiger partial charge in [0.25, 0.3) is 0 Å². The van der Waals surface area contributed by atoms with Gasteiger partial charge in [-0.15, -0.1) is 0 Å². The van der Waals surface area contributed by atoms with Crippen molar-refractivity contribution in [1.82, 2.24) is 4.90 Å². The van der Waals surface area contributed by atoms with Crippen molar-refractivity contribution in [3.8, 4) is 5.75 Å². The standard InChI is InChI=1S/C19H24FNO2/c1-12-14(13-4-5-17(23-2)16(20)10-13)6-9-21(12)18(22)15-11-19(15)7-3-8-19/h4-5,10,12,14-15H,3,6-9,11H2,1-2H3. The first-order valence-electron chi connectivity index (χ1n) is 8.70. The molecule has 3 unspecified atom stereocenters. The van der Waals surface area contributed by atoms with Gasteiger partial charge < -0.3 is 9.64 Å². The Morgan fingerprint density at radius 1 is 1.39 bits per heavy atom. The lowest BCUT2D eigenvalue weighted by atomic mass is 9.79. The molecule has 0 bridgehead atoms. The van der Waals surface area contributed by atoms with Gasteiger partial charge in [-0.05, 0) is 55.7 Å².